The lowest BCUT2D eigenvalue weighted by Gasteiger charge is -2.32. The van der Waals surface area contributed by atoms with E-state index in [0.29, 0.717) is 43.9 Å². The van der Waals surface area contributed by atoms with E-state index < -0.39 is 10.2 Å². The lowest BCUT2D eigenvalue weighted by Crippen LogP contribution is -2.46. The van der Waals surface area contributed by atoms with Crippen molar-refractivity contribution in [2.45, 2.75) is 26.2 Å². The first-order valence-corrected chi connectivity index (χ1v) is 8.28. The monoisotopic (exact) mass is 280 g/mol. The van der Waals surface area contributed by atoms with E-state index in [2.05, 4.69) is 6.92 Å². The third-order valence-corrected chi connectivity index (χ3v) is 6.30. The van der Waals surface area contributed by atoms with Gasteiger partial charge in [-0.15, -0.1) is 11.6 Å². The summed E-state index contributed by atoms with van der Waals surface area (Å²) in [7, 11) is -3.22. The summed E-state index contributed by atoms with van der Waals surface area (Å²) < 4.78 is 28.0. The summed E-state index contributed by atoms with van der Waals surface area (Å²) in [6, 6.07) is 0. The van der Waals surface area contributed by atoms with E-state index in [0.717, 1.165) is 19.3 Å². The Balaban J connectivity index is 1.99. The van der Waals surface area contributed by atoms with Gasteiger partial charge in [0.1, 0.15) is 0 Å². The second-order valence-electron chi connectivity index (χ2n) is 5.26. The number of nitrogens with zero attached hydrogens (tertiary/aromatic N) is 2. The Morgan fingerprint density at radius 3 is 2.24 bits per heavy atom. The van der Waals surface area contributed by atoms with Crippen LogP contribution in [-0.4, -0.2) is 49.1 Å². The zero-order chi connectivity index (χ0) is 12.5. The third kappa shape index (κ3) is 2.95. The molecule has 100 valence electrons. The van der Waals surface area contributed by atoms with E-state index in [1.807, 2.05) is 0 Å². The summed E-state index contributed by atoms with van der Waals surface area (Å²) in [6.07, 6.45) is 2.85. The maximum Gasteiger partial charge on any atom is 0.281 e. The van der Waals surface area contributed by atoms with Gasteiger partial charge < -0.3 is 0 Å². The van der Waals surface area contributed by atoms with E-state index in [1.165, 1.54) is 0 Å². The van der Waals surface area contributed by atoms with Crippen molar-refractivity contribution in [3.63, 3.8) is 0 Å². The average molecular weight is 281 g/mol. The molecule has 0 aromatic heterocycles. The van der Waals surface area contributed by atoms with Gasteiger partial charge in [0.2, 0.25) is 0 Å². The maximum absolute atomic E-state index is 12.4. The van der Waals surface area contributed by atoms with Crippen LogP contribution in [0.1, 0.15) is 26.2 Å². The van der Waals surface area contributed by atoms with Gasteiger partial charge in [0.05, 0.1) is 0 Å². The molecular weight excluding hydrogens is 260 g/mol. The largest absolute Gasteiger partial charge is 0.281 e. The number of piperidine rings is 1. The van der Waals surface area contributed by atoms with Crippen molar-refractivity contribution in [1.82, 2.24) is 8.61 Å². The van der Waals surface area contributed by atoms with Crippen molar-refractivity contribution in [3.8, 4) is 0 Å². The maximum atomic E-state index is 12.4. The zero-order valence-corrected chi connectivity index (χ0v) is 11.9. The number of alkyl halides is 1. The smallest absolute Gasteiger partial charge is 0.195 e. The standard InChI is InChI=1S/C11H21ClN2O2S/c1-10-2-5-13(6-3-10)17(15,16)14-7-4-11(8-12)9-14/h10-11H,2-9H2,1H3. The molecule has 17 heavy (non-hydrogen) atoms. The topological polar surface area (TPSA) is 40.6 Å². The minimum atomic E-state index is -3.22. The molecule has 1 atom stereocenters. The van der Waals surface area contributed by atoms with Crippen LogP contribution in [0.4, 0.5) is 0 Å². The Morgan fingerprint density at radius 2 is 1.71 bits per heavy atom. The second-order valence-corrected chi connectivity index (χ2v) is 7.49. The average Bonchev–Trinajstić information content (AvgIpc) is 2.78. The molecule has 2 rings (SSSR count). The van der Waals surface area contributed by atoms with Crippen molar-refractivity contribution >= 4 is 21.8 Å². The number of rotatable bonds is 3. The molecule has 6 heteroatoms. The summed E-state index contributed by atoms with van der Waals surface area (Å²) in [4.78, 5) is 0. The van der Waals surface area contributed by atoms with Crippen LogP contribution < -0.4 is 0 Å². The van der Waals surface area contributed by atoms with Gasteiger partial charge in [0.15, 0.2) is 0 Å². The molecule has 0 N–H and O–H groups in total. The van der Waals surface area contributed by atoms with E-state index in [9.17, 15) is 8.42 Å². The molecular formula is C11H21ClN2O2S. The Morgan fingerprint density at radius 1 is 1.12 bits per heavy atom. The molecule has 0 bridgehead atoms. The van der Waals surface area contributed by atoms with Gasteiger partial charge in [-0.3, -0.25) is 0 Å². The van der Waals surface area contributed by atoms with Gasteiger partial charge in [-0.2, -0.15) is 17.0 Å². The minimum Gasteiger partial charge on any atom is -0.195 e. The van der Waals surface area contributed by atoms with Crippen LogP contribution in [0.5, 0.6) is 0 Å². The summed E-state index contributed by atoms with van der Waals surface area (Å²) in [5.74, 6) is 1.54. The van der Waals surface area contributed by atoms with Crippen LogP contribution in [0.3, 0.4) is 0 Å². The van der Waals surface area contributed by atoms with Crippen molar-refractivity contribution in [2.75, 3.05) is 32.1 Å². The van der Waals surface area contributed by atoms with Crippen molar-refractivity contribution in [2.24, 2.45) is 11.8 Å². The molecule has 0 amide bonds. The molecule has 2 fully saturated rings. The lowest BCUT2D eigenvalue weighted by molar-refractivity contribution is 0.270. The van der Waals surface area contributed by atoms with Crippen LogP contribution in [-0.2, 0) is 10.2 Å². The Labute approximate surface area is 109 Å². The molecule has 2 saturated heterocycles. The van der Waals surface area contributed by atoms with Gasteiger partial charge >= 0.3 is 0 Å². The normalized spacial score (nSPS) is 29.9. The summed E-state index contributed by atoms with van der Waals surface area (Å²) in [5, 5.41) is 0. The summed E-state index contributed by atoms with van der Waals surface area (Å²) in [5.41, 5.74) is 0. The number of halogens is 1. The van der Waals surface area contributed by atoms with Gasteiger partial charge in [-0.25, -0.2) is 0 Å². The quantitative estimate of drug-likeness (QED) is 0.736. The minimum absolute atomic E-state index is 0.329. The highest BCUT2D eigenvalue weighted by molar-refractivity contribution is 7.86. The van der Waals surface area contributed by atoms with Crippen LogP contribution >= 0.6 is 11.6 Å². The number of hydrogen-bond donors (Lipinski definition) is 0. The van der Waals surface area contributed by atoms with E-state index >= 15 is 0 Å². The third-order valence-electron chi connectivity index (χ3n) is 3.86. The molecule has 2 aliphatic heterocycles. The second kappa shape index (κ2) is 5.43. The van der Waals surface area contributed by atoms with Gasteiger partial charge in [0, 0.05) is 32.1 Å². The fourth-order valence-electron chi connectivity index (χ4n) is 2.51. The molecule has 2 aliphatic rings. The predicted octanol–water partition coefficient (Wildman–Crippen LogP) is 1.52. The van der Waals surface area contributed by atoms with Crippen LogP contribution in [0.15, 0.2) is 0 Å². The van der Waals surface area contributed by atoms with Crippen LogP contribution in [0.25, 0.3) is 0 Å². The molecule has 0 aliphatic carbocycles. The van der Waals surface area contributed by atoms with Gasteiger partial charge in [-0.05, 0) is 31.1 Å². The Kier molecular flexibility index (Phi) is 4.34. The molecule has 0 spiro atoms. The molecule has 1 unspecified atom stereocenters. The molecule has 0 saturated carbocycles. The molecule has 0 aromatic rings. The SMILES string of the molecule is CC1CCN(S(=O)(=O)N2CCC(CCl)C2)CC1. The summed E-state index contributed by atoms with van der Waals surface area (Å²) in [6.45, 7) is 4.75. The molecule has 4 nitrogen and oxygen atoms in total. The first-order valence-electron chi connectivity index (χ1n) is 6.35. The Bertz CT molecular complexity index is 344. The highest BCUT2D eigenvalue weighted by Crippen LogP contribution is 2.25. The molecule has 0 aromatic carbocycles. The zero-order valence-electron chi connectivity index (χ0n) is 10.3. The van der Waals surface area contributed by atoms with Crippen molar-refractivity contribution in [1.29, 1.82) is 0 Å². The fraction of sp³-hybridized carbons (Fsp3) is 1.00. The van der Waals surface area contributed by atoms with E-state index in [-0.39, 0.29) is 0 Å². The fourth-order valence-corrected chi connectivity index (χ4v) is 4.50. The van der Waals surface area contributed by atoms with Gasteiger partial charge in [-0.1, -0.05) is 6.92 Å². The van der Waals surface area contributed by atoms with E-state index in [1.54, 1.807) is 8.61 Å². The van der Waals surface area contributed by atoms with Crippen LogP contribution in [0.2, 0.25) is 0 Å². The van der Waals surface area contributed by atoms with E-state index in [4.69, 9.17) is 11.6 Å². The molecule has 0 radical (unpaired) electrons. The number of hydrogen-bond acceptors (Lipinski definition) is 2. The van der Waals surface area contributed by atoms with Crippen molar-refractivity contribution < 1.29 is 8.42 Å². The first-order chi connectivity index (χ1) is 8.04. The summed E-state index contributed by atoms with van der Waals surface area (Å²) >= 11 is 5.79. The highest BCUT2D eigenvalue weighted by atomic mass is 35.5. The Hall–Kier alpha value is 0.160. The highest BCUT2D eigenvalue weighted by Gasteiger charge is 2.36. The molecule has 2 heterocycles. The lowest BCUT2D eigenvalue weighted by atomic mass is 10.0. The first kappa shape index (κ1) is 13.6. The van der Waals surface area contributed by atoms with Crippen molar-refractivity contribution in [3.05, 3.63) is 0 Å². The van der Waals surface area contributed by atoms with Gasteiger partial charge in [0.25, 0.3) is 10.2 Å². The van der Waals surface area contributed by atoms with Crippen LogP contribution in [0, 0.1) is 11.8 Å². The predicted molar refractivity (Wildman–Crippen MR) is 69.3 cm³/mol.